The van der Waals surface area contributed by atoms with Gasteiger partial charge in [0.05, 0.1) is 4.92 Å². The van der Waals surface area contributed by atoms with Gasteiger partial charge in [0.1, 0.15) is 0 Å². The van der Waals surface area contributed by atoms with E-state index in [-0.39, 0.29) is 35.6 Å². The van der Waals surface area contributed by atoms with Gasteiger partial charge in [-0.3, -0.25) is 14.9 Å². The van der Waals surface area contributed by atoms with Crippen LogP contribution in [-0.4, -0.2) is 24.1 Å². The van der Waals surface area contributed by atoms with Crippen LogP contribution in [0.4, 0.5) is 5.69 Å². The molecule has 8 heteroatoms. The van der Waals surface area contributed by atoms with Gasteiger partial charge in [0, 0.05) is 16.7 Å². The maximum atomic E-state index is 12.1. The van der Waals surface area contributed by atoms with Gasteiger partial charge in [-0.2, -0.15) is 0 Å². The Morgan fingerprint density at radius 2 is 2.00 bits per heavy atom. The van der Waals surface area contributed by atoms with Crippen LogP contribution < -0.4 is 14.2 Å². The Balaban J connectivity index is 1.73. The van der Waals surface area contributed by atoms with Crippen molar-refractivity contribution in [2.45, 2.75) is 0 Å². The molecule has 0 amide bonds. The van der Waals surface area contributed by atoms with Crippen molar-refractivity contribution in [3.63, 3.8) is 0 Å². The number of rotatable bonds is 5. The average Bonchev–Trinajstić information content (AvgIpc) is 3.00. The molecule has 3 rings (SSSR count). The van der Waals surface area contributed by atoms with Gasteiger partial charge in [-0.15, -0.1) is 0 Å². The summed E-state index contributed by atoms with van der Waals surface area (Å²) < 4.78 is 15.6. The molecule has 0 saturated heterocycles. The molecule has 0 atom stereocenters. The number of Topliss-reactive ketones (excluding diaryl/α,β-unsaturated/α-hetero) is 1. The van der Waals surface area contributed by atoms with Gasteiger partial charge in [-0.1, -0.05) is 11.6 Å². The number of halogens is 1. The Bertz CT molecular complexity index is 792. The van der Waals surface area contributed by atoms with Crippen LogP contribution in [0.2, 0.25) is 5.02 Å². The molecule has 0 bridgehead atoms. The number of ether oxygens (including phenoxy) is 3. The van der Waals surface area contributed by atoms with Crippen LogP contribution in [0.1, 0.15) is 10.4 Å². The fourth-order valence-corrected chi connectivity index (χ4v) is 2.22. The van der Waals surface area contributed by atoms with Crippen molar-refractivity contribution < 1.29 is 23.9 Å². The number of hydrogen-bond acceptors (Lipinski definition) is 6. The Morgan fingerprint density at radius 1 is 1.22 bits per heavy atom. The first-order valence-electron chi connectivity index (χ1n) is 6.54. The summed E-state index contributed by atoms with van der Waals surface area (Å²) in [5, 5.41) is 11.2. The van der Waals surface area contributed by atoms with E-state index >= 15 is 0 Å². The minimum absolute atomic E-state index is 0.0199. The van der Waals surface area contributed by atoms with Crippen molar-refractivity contribution in [3.8, 4) is 17.2 Å². The summed E-state index contributed by atoms with van der Waals surface area (Å²) in [6.07, 6.45) is 0. The number of nitro benzene ring substituents is 1. The standard InChI is InChI=1S/C15H10ClNO6/c16-10-2-4-13(11(6-10)17(19)20)21-7-12(18)9-1-3-14-15(5-9)23-8-22-14/h1-6H,7-8H2. The normalized spacial score (nSPS) is 12.0. The van der Waals surface area contributed by atoms with Gasteiger partial charge < -0.3 is 14.2 Å². The summed E-state index contributed by atoms with van der Waals surface area (Å²) in [5.41, 5.74) is 0.0712. The van der Waals surface area contributed by atoms with Gasteiger partial charge in [0.15, 0.2) is 29.6 Å². The number of hydrogen-bond donors (Lipinski definition) is 0. The van der Waals surface area contributed by atoms with Crippen molar-refractivity contribution in [1.82, 2.24) is 0 Å². The molecule has 2 aromatic rings. The van der Waals surface area contributed by atoms with Crippen LogP contribution in [-0.2, 0) is 0 Å². The zero-order valence-electron chi connectivity index (χ0n) is 11.7. The third-order valence-electron chi connectivity index (χ3n) is 3.17. The summed E-state index contributed by atoms with van der Waals surface area (Å²) in [6.45, 7) is -0.234. The molecule has 118 valence electrons. The second kappa shape index (κ2) is 6.13. The van der Waals surface area contributed by atoms with Crippen LogP contribution in [0.15, 0.2) is 36.4 Å². The minimum atomic E-state index is -0.619. The van der Waals surface area contributed by atoms with Crippen LogP contribution in [0.5, 0.6) is 17.2 Å². The summed E-state index contributed by atoms with van der Waals surface area (Å²) in [6, 6.07) is 8.73. The summed E-state index contributed by atoms with van der Waals surface area (Å²) >= 11 is 5.72. The molecule has 1 heterocycles. The number of nitro groups is 1. The lowest BCUT2D eigenvalue weighted by Gasteiger charge is -2.07. The number of benzene rings is 2. The highest BCUT2D eigenvalue weighted by molar-refractivity contribution is 6.30. The topological polar surface area (TPSA) is 87.9 Å². The SMILES string of the molecule is O=C(COc1ccc(Cl)cc1[N+](=O)[O-])c1ccc2c(c1)OCO2. The molecule has 0 saturated carbocycles. The van der Waals surface area contributed by atoms with E-state index in [4.69, 9.17) is 25.8 Å². The molecule has 2 aromatic carbocycles. The van der Waals surface area contributed by atoms with E-state index in [1.54, 1.807) is 18.2 Å². The molecule has 0 aliphatic carbocycles. The van der Waals surface area contributed by atoms with Crippen LogP contribution in [0.25, 0.3) is 0 Å². The van der Waals surface area contributed by atoms with Gasteiger partial charge >= 0.3 is 5.69 Å². The molecule has 0 unspecified atom stereocenters. The third kappa shape index (κ3) is 3.19. The zero-order valence-corrected chi connectivity index (χ0v) is 12.4. The first-order chi connectivity index (χ1) is 11.0. The molecule has 7 nitrogen and oxygen atoms in total. The Hall–Kier alpha value is -2.80. The summed E-state index contributed by atoms with van der Waals surface area (Å²) in [5.74, 6) is 0.685. The number of carbonyl (C=O) groups excluding carboxylic acids is 1. The van der Waals surface area contributed by atoms with Gasteiger partial charge in [-0.05, 0) is 30.3 Å². The predicted octanol–water partition coefficient (Wildman–Crippen LogP) is 3.24. The first-order valence-corrected chi connectivity index (χ1v) is 6.92. The molecule has 0 radical (unpaired) electrons. The minimum Gasteiger partial charge on any atom is -0.478 e. The van der Waals surface area contributed by atoms with Gasteiger partial charge in [0.2, 0.25) is 6.79 Å². The fourth-order valence-electron chi connectivity index (χ4n) is 2.05. The van der Waals surface area contributed by atoms with Crippen molar-refractivity contribution in [1.29, 1.82) is 0 Å². The zero-order chi connectivity index (χ0) is 16.4. The first kappa shape index (κ1) is 15.1. The second-order valence-electron chi connectivity index (χ2n) is 4.65. The van der Waals surface area contributed by atoms with E-state index in [1.807, 2.05) is 0 Å². The third-order valence-corrected chi connectivity index (χ3v) is 3.41. The second-order valence-corrected chi connectivity index (χ2v) is 5.09. The van der Waals surface area contributed by atoms with Crippen LogP contribution in [0.3, 0.4) is 0 Å². The van der Waals surface area contributed by atoms with E-state index in [2.05, 4.69) is 0 Å². The monoisotopic (exact) mass is 335 g/mol. The maximum Gasteiger partial charge on any atom is 0.312 e. The van der Waals surface area contributed by atoms with Crippen molar-refractivity contribution in [2.75, 3.05) is 13.4 Å². The fraction of sp³-hybridized carbons (Fsp3) is 0.133. The summed E-state index contributed by atoms with van der Waals surface area (Å²) in [4.78, 5) is 22.5. The average molecular weight is 336 g/mol. The molecule has 0 spiro atoms. The van der Waals surface area contributed by atoms with Gasteiger partial charge in [0.25, 0.3) is 0 Å². The Morgan fingerprint density at radius 3 is 2.78 bits per heavy atom. The van der Waals surface area contributed by atoms with Crippen LogP contribution >= 0.6 is 11.6 Å². The molecule has 1 aliphatic rings. The van der Waals surface area contributed by atoms with Crippen molar-refractivity contribution in [2.24, 2.45) is 0 Å². The lowest BCUT2D eigenvalue weighted by atomic mass is 10.1. The maximum absolute atomic E-state index is 12.1. The highest BCUT2D eigenvalue weighted by atomic mass is 35.5. The van der Waals surface area contributed by atoms with E-state index in [1.165, 1.54) is 18.2 Å². The molecular formula is C15H10ClNO6. The molecule has 0 fully saturated rings. The number of fused-ring (bicyclic) bond motifs is 1. The number of ketones is 1. The number of nitrogens with zero attached hydrogens (tertiary/aromatic N) is 1. The molecule has 0 aromatic heterocycles. The van der Waals surface area contributed by atoms with E-state index in [0.29, 0.717) is 17.1 Å². The predicted molar refractivity (Wildman–Crippen MR) is 80.5 cm³/mol. The molecule has 23 heavy (non-hydrogen) atoms. The van der Waals surface area contributed by atoms with Crippen molar-refractivity contribution >= 4 is 23.1 Å². The largest absolute Gasteiger partial charge is 0.478 e. The molecule has 0 N–H and O–H groups in total. The summed E-state index contributed by atoms with van der Waals surface area (Å²) in [7, 11) is 0. The van der Waals surface area contributed by atoms with Crippen molar-refractivity contribution in [3.05, 3.63) is 57.1 Å². The highest BCUT2D eigenvalue weighted by Crippen LogP contribution is 2.33. The Labute approximate surface area is 135 Å². The highest BCUT2D eigenvalue weighted by Gasteiger charge is 2.19. The molecule has 1 aliphatic heterocycles. The van der Waals surface area contributed by atoms with E-state index < -0.39 is 4.92 Å². The van der Waals surface area contributed by atoms with E-state index in [0.717, 1.165) is 0 Å². The van der Waals surface area contributed by atoms with Crippen LogP contribution in [0, 0.1) is 10.1 Å². The van der Waals surface area contributed by atoms with Gasteiger partial charge in [-0.25, -0.2) is 0 Å². The Kier molecular flexibility index (Phi) is 4.03. The van der Waals surface area contributed by atoms with E-state index in [9.17, 15) is 14.9 Å². The lowest BCUT2D eigenvalue weighted by Crippen LogP contribution is -2.12. The quantitative estimate of drug-likeness (QED) is 0.473. The smallest absolute Gasteiger partial charge is 0.312 e. The number of carbonyl (C=O) groups is 1. The molecular weight excluding hydrogens is 326 g/mol. The lowest BCUT2D eigenvalue weighted by molar-refractivity contribution is -0.385.